The number of para-hydroxylation sites is 2. The van der Waals surface area contributed by atoms with Crippen LogP contribution in [0.5, 0.6) is 11.5 Å². The van der Waals surface area contributed by atoms with Gasteiger partial charge >= 0.3 is 0 Å². The van der Waals surface area contributed by atoms with Crippen LogP contribution in [0.2, 0.25) is 0 Å². The summed E-state index contributed by atoms with van der Waals surface area (Å²) in [5, 5.41) is 2.90. The number of benzene rings is 2. The van der Waals surface area contributed by atoms with Crippen LogP contribution < -0.4 is 14.8 Å². The highest BCUT2D eigenvalue weighted by Gasteiger charge is 2.15. The van der Waals surface area contributed by atoms with E-state index in [1.807, 2.05) is 49.6 Å². The van der Waals surface area contributed by atoms with Gasteiger partial charge in [-0.1, -0.05) is 12.1 Å². The number of hydrogen-bond acceptors (Lipinski definition) is 4. The molecule has 0 aliphatic carbocycles. The van der Waals surface area contributed by atoms with E-state index < -0.39 is 0 Å². The Morgan fingerprint density at radius 2 is 1.77 bits per heavy atom. The summed E-state index contributed by atoms with van der Waals surface area (Å²) >= 11 is 0. The summed E-state index contributed by atoms with van der Waals surface area (Å²) in [5.74, 6) is 1.49. The molecule has 1 amide bonds. The van der Waals surface area contributed by atoms with E-state index in [2.05, 4.69) is 10.3 Å². The lowest BCUT2D eigenvalue weighted by molar-refractivity contribution is 0.102. The molecule has 0 unspecified atom stereocenters. The average molecular weight is 353 g/mol. The van der Waals surface area contributed by atoms with Crippen molar-refractivity contribution >= 4 is 22.9 Å². The van der Waals surface area contributed by atoms with Crippen molar-refractivity contribution in [1.29, 1.82) is 0 Å². The topological polar surface area (TPSA) is 65.4 Å². The molecule has 0 saturated carbocycles. The highest BCUT2D eigenvalue weighted by molar-refractivity contribution is 6.04. The van der Waals surface area contributed by atoms with Crippen molar-refractivity contribution in [3.05, 3.63) is 48.0 Å². The normalized spacial score (nSPS) is 10.7. The van der Waals surface area contributed by atoms with Crippen molar-refractivity contribution < 1.29 is 14.3 Å². The van der Waals surface area contributed by atoms with Crippen molar-refractivity contribution in [2.24, 2.45) is 0 Å². The van der Waals surface area contributed by atoms with Crippen molar-refractivity contribution in [3.8, 4) is 11.5 Å². The fourth-order valence-electron chi connectivity index (χ4n) is 2.86. The lowest BCUT2D eigenvalue weighted by Gasteiger charge is -2.12. The van der Waals surface area contributed by atoms with Gasteiger partial charge in [0.05, 0.1) is 24.2 Å². The van der Waals surface area contributed by atoms with Gasteiger partial charge in [-0.05, 0) is 51.1 Å². The van der Waals surface area contributed by atoms with Crippen LogP contribution in [0.1, 0.15) is 31.1 Å². The van der Waals surface area contributed by atoms with E-state index >= 15 is 0 Å². The summed E-state index contributed by atoms with van der Waals surface area (Å²) < 4.78 is 13.1. The first-order chi connectivity index (χ1) is 12.7. The third-order valence-electron chi connectivity index (χ3n) is 4.00. The Morgan fingerprint density at radius 3 is 2.50 bits per heavy atom. The molecule has 0 spiro atoms. The number of carbonyl (C=O) groups is 1. The second-order valence-corrected chi connectivity index (χ2v) is 5.65. The van der Waals surface area contributed by atoms with Crippen LogP contribution in [0.3, 0.4) is 0 Å². The van der Waals surface area contributed by atoms with E-state index in [9.17, 15) is 4.79 Å². The van der Waals surface area contributed by atoms with Gasteiger partial charge < -0.3 is 14.0 Å². The van der Waals surface area contributed by atoms with Crippen LogP contribution in [0, 0.1) is 0 Å². The second kappa shape index (κ2) is 7.91. The summed E-state index contributed by atoms with van der Waals surface area (Å²) in [5.41, 5.74) is 2.34. The third-order valence-corrected chi connectivity index (χ3v) is 4.00. The van der Waals surface area contributed by atoms with Gasteiger partial charge in [0.25, 0.3) is 5.91 Å². The lowest BCUT2D eigenvalue weighted by Crippen LogP contribution is -2.16. The SMILES string of the molecule is CCOc1ccc(C(=O)Nc2nc3ccccc3n2CC)cc1OCC. The molecule has 1 heterocycles. The Bertz CT molecular complexity index is 918. The van der Waals surface area contributed by atoms with Gasteiger partial charge in [-0.2, -0.15) is 0 Å². The number of ether oxygens (including phenoxy) is 2. The Kier molecular flexibility index (Phi) is 5.41. The zero-order valence-electron chi connectivity index (χ0n) is 15.3. The van der Waals surface area contributed by atoms with Crippen molar-refractivity contribution in [2.45, 2.75) is 27.3 Å². The van der Waals surface area contributed by atoms with Crippen LogP contribution in [0.15, 0.2) is 42.5 Å². The molecule has 1 N–H and O–H groups in total. The molecule has 0 saturated heterocycles. The molecule has 6 nitrogen and oxygen atoms in total. The number of fused-ring (bicyclic) bond motifs is 1. The Balaban J connectivity index is 1.89. The van der Waals surface area contributed by atoms with Gasteiger partial charge in [0.15, 0.2) is 11.5 Å². The molecule has 0 aliphatic rings. The molecule has 0 radical (unpaired) electrons. The lowest BCUT2D eigenvalue weighted by atomic mass is 10.2. The summed E-state index contributed by atoms with van der Waals surface area (Å²) in [6, 6.07) is 13.0. The predicted molar refractivity (Wildman–Crippen MR) is 102 cm³/mol. The first-order valence-electron chi connectivity index (χ1n) is 8.84. The molecule has 6 heteroatoms. The molecule has 3 aromatic rings. The largest absolute Gasteiger partial charge is 0.490 e. The second-order valence-electron chi connectivity index (χ2n) is 5.65. The number of carbonyl (C=O) groups excluding carboxylic acids is 1. The standard InChI is InChI=1S/C20H23N3O3/c1-4-23-16-10-8-7-9-15(16)21-20(23)22-19(24)14-11-12-17(25-5-2)18(13-14)26-6-3/h7-13H,4-6H2,1-3H3,(H,21,22,24). The number of aromatic nitrogens is 2. The fourth-order valence-corrected chi connectivity index (χ4v) is 2.86. The fraction of sp³-hybridized carbons (Fsp3) is 0.300. The van der Waals surface area contributed by atoms with Gasteiger partial charge in [0.1, 0.15) is 0 Å². The highest BCUT2D eigenvalue weighted by Crippen LogP contribution is 2.29. The molecule has 0 fully saturated rings. The zero-order chi connectivity index (χ0) is 18.5. The van der Waals surface area contributed by atoms with Crippen LogP contribution in [0.25, 0.3) is 11.0 Å². The van der Waals surface area contributed by atoms with Crippen LogP contribution in [-0.2, 0) is 6.54 Å². The Labute approximate surface area is 152 Å². The summed E-state index contributed by atoms with van der Waals surface area (Å²) in [4.78, 5) is 17.3. The zero-order valence-corrected chi connectivity index (χ0v) is 15.3. The van der Waals surface area contributed by atoms with Gasteiger partial charge in [-0.25, -0.2) is 4.98 Å². The van der Waals surface area contributed by atoms with Crippen LogP contribution in [0.4, 0.5) is 5.95 Å². The van der Waals surface area contributed by atoms with E-state index in [0.717, 1.165) is 11.0 Å². The highest BCUT2D eigenvalue weighted by atomic mass is 16.5. The Morgan fingerprint density at radius 1 is 1.04 bits per heavy atom. The Hall–Kier alpha value is -3.02. The molecule has 0 aliphatic heterocycles. The number of anilines is 1. The smallest absolute Gasteiger partial charge is 0.258 e. The summed E-state index contributed by atoms with van der Waals surface area (Å²) in [7, 11) is 0. The molecule has 0 atom stereocenters. The molecule has 26 heavy (non-hydrogen) atoms. The first kappa shape index (κ1) is 17.8. The molecule has 2 aromatic carbocycles. The number of nitrogens with zero attached hydrogens (tertiary/aromatic N) is 2. The molecule has 1 aromatic heterocycles. The third kappa shape index (κ3) is 3.49. The number of amides is 1. The number of hydrogen-bond donors (Lipinski definition) is 1. The van der Waals surface area contributed by atoms with E-state index in [1.165, 1.54) is 0 Å². The van der Waals surface area contributed by atoms with E-state index in [4.69, 9.17) is 9.47 Å². The molecule has 3 rings (SSSR count). The number of aryl methyl sites for hydroxylation is 1. The number of nitrogens with one attached hydrogen (secondary N) is 1. The monoisotopic (exact) mass is 353 g/mol. The first-order valence-corrected chi connectivity index (χ1v) is 8.84. The quantitative estimate of drug-likeness (QED) is 0.694. The minimum atomic E-state index is -0.237. The van der Waals surface area contributed by atoms with Crippen molar-refractivity contribution in [2.75, 3.05) is 18.5 Å². The minimum Gasteiger partial charge on any atom is -0.490 e. The van der Waals surface area contributed by atoms with Crippen molar-refractivity contribution in [1.82, 2.24) is 9.55 Å². The van der Waals surface area contributed by atoms with E-state index in [1.54, 1.807) is 18.2 Å². The van der Waals surface area contributed by atoms with Gasteiger partial charge in [0, 0.05) is 12.1 Å². The maximum atomic E-state index is 12.7. The maximum absolute atomic E-state index is 12.7. The van der Waals surface area contributed by atoms with Crippen LogP contribution in [-0.4, -0.2) is 28.7 Å². The summed E-state index contributed by atoms with van der Waals surface area (Å²) in [6.45, 7) is 7.57. The molecule has 136 valence electrons. The van der Waals surface area contributed by atoms with Crippen molar-refractivity contribution in [3.63, 3.8) is 0 Å². The predicted octanol–water partition coefficient (Wildman–Crippen LogP) is 4.11. The molecule has 0 bridgehead atoms. The molecular weight excluding hydrogens is 330 g/mol. The minimum absolute atomic E-state index is 0.237. The van der Waals surface area contributed by atoms with E-state index in [-0.39, 0.29) is 5.91 Å². The average Bonchev–Trinajstić information content (AvgIpc) is 3.00. The van der Waals surface area contributed by atoms with Gasteiger partial charge in [-0.15, -0.1) is 0 Å². The summed E-state index contributed by atoms with van der Waals surface area (Å²) in [6.07, 6.45) is 0. The van der Waals surface area contributed by atoms with Gasteiger partial charge in [0.2, 0.25) is 5.95 Å². The number of imidazole rings is 1. The van der Waals surface area contributed by atoms with Crippen LogP contribution >= 0.6 is 0 Å². The molecular formula is C20H23N3O3. The van der Waals surface area contributed by atoms with E-state index in [0.29, 0.717) is 42.8 Å². The number of rotatable bonds is 7. The maximum Gasteiger partial charge on any atom is 0.258 e. The van der Waals surface area contributed by atoms with Gasteiger partial charge in [-0.3, -0.25) is 10.1 Å².